The predicted molar refractivity (Wildman–Crippen MR) is 105 cm³/mol. The minimum absolute atomic E-state index is 0.250. The van der Waals surface area contributed by atoms with Crippen LogP contribution in [0.25, 0.3) is 5.69 Å². The normalized spacial score (nSPS) is 17.0. The number of likely N-dealkylation sites (tertiary alicyclic amines) is 1. The Morgan fingerprint density at radius 2 is 2.17 bits per heavy atom. The Balaban J connectivity index is 0.000000755. The number of hydrogen-bond acceptors (Lipinski definition) is 7. The topological polar surface area (TPSA) is 115 Å². The summed E-state index contributed by atoms with van der Waals surface area (Å²) in [6.07, 6.45) is 7.41. The SMILES string of the molecule is CN1CCCC(c2nc(CCc3cc(Cl)no3)n(-c3cnn(C)c3)n2)C1.O=CO. The van der Waals surface area contributed by atoms with Crippen molar-refractivity contribution in [2.24, 2.45) is 7.05 Å². The lowest BCUT2D eigenvalue weighted by Gasteiger charge is -2.27. The maximum Gasteiger partial charge on any atom is 0.290 e. The van der Waals surface area contributed by atoms with Crippen molar-refractivity contribution >= 4 is 18.1 Å². The largest absolute Gasteiger partial charge is 0.483 e. The lowest BCUT2D eigenvalue weighted by Crippen LogP contribution is -2.31. The van der Waals surface area contributed by atoms with Gasteiger partial charge in [0.15, 0.2) is 11.0 Å². The molecular weight excluding hydrogens is 398 g/mol. The first kappa shape index (κ1) is 21.0. The molecule has 0 aromatic carbocycles. The third-order valence-electron chi connectivity index (χ3n) is 4.74. The van der Waals surface area contributed by atoms with Crippen LogP contribution in [0.3, 0.4) is 0 Å². The standard InChI is InChI=1S/C17H22ClN7O.CH2O2/c1-23-7-3-4-12(10-23)17-20-16(6-5-14-8-15(18)22-26-14)25(21-17)13-9-19-24(2)11-13;2-1-3/h8-9,11-12H,3-7,10H2,1-2H3;1H,(H,2,3). The van der Waals surface area contributed by atoms with Crippen LogP contribution < -0.4 is 0 Å². The van der Waals surface area contributed by atoms with Gasteiger partial charge < -0.3 is 14.5 Å². The Kier molecular flexibility index (Phi) is 6.99. The van der Waals surface area contributed by atoms with Crippen molar-refractivity contribution in [1.29, 1.82) is 0 Å². The van der Waals surface area contributed by atoms with Gasteiger partial charge in [-0.25, -0.2) is 9.67 Å². The van der Waals surface area contributed by atoms with Crippen molar-refractivity contribution in [1.82, 2.24) is 34.6 Å². The summed E-state index contributed by atoms with van der Waals surface area (Å²) in [5.74, 6) is 2.92. The van der Waals surface area contributed by atoms with Crippen molar-refractivity contribution in [2.75, 3.05) is 20.1 Å². The fraction of sp³-hybridized carbons (Fsp3) is 0.500. The quantitative estimate of drug-likeness (QED) is 0.621. The van der Waals surface area contributed by atoms with Crippen molar-refractivity contribution in [3.63, 3.8) is 0 Å². The fourth-order valence-corrected chi connectivity index (χ4v) is 3.60. The van der Waals surface area contributed by atoms with Crippen LogP contribution in [0.15, 0.2) is 23.0 Å². The highest BCUT2D eigenvalue weighted by molar-refractivity contribution is 6.29. The number of likely N-dealkylation sites (N-methyl/N-ethyl adjacent to an activating group) is 1. The van der Waals surface area contributed by atoms with Gasteiger partial charge in [-0.1, -0.05) is 16.8 Å². The minimum Gasteiger partial charge on any atom is -0.483 e. The molecule has 3 aromatic rings. The van der Waals surface area contributed by atoms with Gasteiger partial charge in [0, 0.05) is 38.4 Å². The zero-order valence-electron chi connectivity index (χ0n) is 16.4. The van der Waals surface area contributed by atoms with Crippen molar-refractivity contribution in [3.05, 3.63) is 41.0 Å². The number of aromatic nitrogens is 6. The Morgan fingerprint density at radius 3 is 2.79 bits per heavy atom. The van der Waals surface area contributed by atoms with E-state index in [-0.39, 0.29) is 6.47 Å². The molecule has 0 saturated carbocycles. The molecule has 0 spiro atoms. The molecule has 0 aliphatic carbocycles. The predicted octanol–water partition coefficient (Wildman–Crippen LogP) is 1.94. The lowest BCUT2D eigenvalue weighted by molar-refractivity contribution is -0.122. The van der Waals surface area contributed by atoms with Crippen molar-refractivity contribution in [3.8, 4) is 5.69 Å². The molecule has 1 aliphatic rings. The van der Waals surface area contributed by atoms with Gasteiger partial charge in [0.2, 0.25) is 0 Å². The van der Waals surface area contributed by atoms with Gasteiger partial charge in [-0.05, 0) is 26.4 Å². The van der Waals surface area contributed by atoms with E-state index in [0.29, 0.717) is 23.9 Å². The maximum atomic E-state index is 8.36. The third kappa shape index (κ3) is 5.42. The van der Waals surface area contributed by atoms with Gasteiger partial charge in [0.1, 0.15) is 17.3 Å². The van der Waals surface area contributed by atoms with Crippen LogP contribution >= 0.6 is 11.6 Å². The Hall–Kier alpha value is -2.72. The van der Waals surface area contributed by atoms with Gasteiger partial charge in [0.25, 0.3) is 6.47 Å². The second-order valence-corrected chi connectivity index (χ2v) is 7.38. The van der Waals surface area contributed by atoms with Crippen LogP contribution in [-0.2, 0) is 24.7 Å². The average molecular weight is 422 g/mol. The van der Waals surface area contributed by atoms with E-state index in [0.717, 1.165) is 42.6 Å². The highest BCUT2D eigenvalue weighted by atomic mass is 35.5. The van der Waals surface area contributed by atoms with Crippen molar-refractivity contribution < 1.29 is 14.4 Å². The van der Waals surface area contributed by atoms with E-state index < -0.39 is 0 Å². The molecule has 0 radical (unpaired) electrons. The molecule has 10 nitrogen and oxygen atoms in total. The zero-order chi connectivity index (χ0) is 20.8. The first-order valence-electron chi connectivity index (χ1n) is 9.32. The number of rotatable bonds is 5. The molecule has 1 unspecified atom stereocenters. The Bertz CT molecular complexity index is 936. The Morgan fingerprint density at radius 1 is 1.38 bits per heavy atom. The third-order valence-corrected chi connectivity index (χ3v) is 4.92. The van der Waals surface area contributed by atoms with Gasteiger partial charge in [-0.15, -0.1) is 0 Å². The highest BCUT2D eigenvalue weighted by Crippen LogP contribution is 2.25. The molecule has 1 atom stereocenters. The zero-order valence-corrected chi connectivity index (χ0v) is 17.2. The van der Waals surface area contributed by atoms with E-state index >= 15 is 0 Å². The molecule has 3 aromatic heterocycles. The van der Waals surface area contributed by atoms with E-state index in [1.807, 2.05) is 17.9 Å². The van der Waals surface area contributed by atoms with E-state index in [2.05, 4.69) is 22.2 Å². The molecule has 0 amide bonds. The molecule has 1 saturated heterocycles. The number of hydrogen-bond donors (Lipinski definition) is 1. The van der Waals surface area contributed by atoms with Crippen LogP contribution in [0, 0.1) is 0 Å². The van der Waals surface area contributed by atoms with Crippen LogP contribution in [0.4, 0.5) is 0 Å². The number of nitrogens with zero attached hydrogens (tertiary/aromatic N) is 7. The summed E-state index contributed by atoms with van der Waals surface area (Å²) in [6, 6.07) is 1.74. The molecule has 29 heavy (non-hydrogen) atoms. The molecule has 1 aliphatic heterocycles. The Labute approximate surface area is 173 Å². The van der Waals surface area contributed by atoms with Crippen LogP contribution in [0.1, 0.15) is 36.2 Å². The van der Waals surface area contributed by atoms with Crippen molar-refractivity contribution in [2.45, 2.75) is 31.6 Å². The second kappa shape index (κ2) is 9.66. The number of aryl methyl sites for hydroxylation is 3. The first-order chi connectivity index (χ1) is 14.0. The number of piperidine rings is 1. The van der Waals surface area contributed by atoms with E-state index in [9.17, 15) is 0 Å². The summed E-state index contributed by atoms with van der Waals surface area (Å²) >= 11 is 5.84. The second-order valence-electron chi connectivity index (χ2n) is 6.99. The smallest absolute Gasteiger partial charge is 0.290 e. The summed E-state index contributed by atoms with van der Waals surface area (Å²) in [5, 5.41) is 20.1. The maximum absolute atomic E-state index is 8.36. The molecule has 4 rings (SSSR count). The molecule has 156 valence electrons. The van der Waals surface area contributed by atoms with Crippen LogP contribution in [0.5, 0.6) is 0 Å². The van der Waals surface area contributed by atoms with Gasteiger partial charge in [0.05, 0.1) is 12.4 Å². The van der Waals surface area contributed by atoms with Gasteiger partial charge >= 0.3 is 0 Å². The fourth-order valence-electron chi connectivity index (χ4n) is 3.44. The molecule has 11 heteroatoms. The van der Waals surface area contributed by atoms with Gasteiger partial charge in [-0.3, -0.25) is 9.48 Å². The van der Waals surface area contributed by atoms with E-state index in [1.165, 1.54) is 6.42 Å². The first-order valence-corrected chi connectivity index (χ1v) is 9.70. The highest BCUT2D eigenvalue weighted by Gasteiger charge is 2.24. The molecule has 0 bridgehead atoms. The summed E-state index contributed by atoms with van der Waals surface area (Å²) in [6.45, 7) is 1.88. The van der Waals surface area contributed by atoms with Crippen LogP contribution in [-0.4, -0.2) is 66.3 Å². The van der Waals surface area contributed by atoms with Gasteiger partial charge in [-0.2, -0.15) is 10.2 Å². The number of halogens is 1. The molecule has 1 fully saturated rings. The lowest BCUT2D eigenvalue weighted by atomic mass is 9.98. The molecular formula is C18H24ClN7O3. The minimum atomic E-state index is -0.250. The summed E-state index contributed by atoms with van der Waals surface area (Å²) in [7, 11) is 4.05. The van der Waals surface area contributed by atoms with Crippen LogP contribution in [0.2, 0.25) is 5.15 Å². The monoisotopic (exact) mass is 421 g/mol. The summed E-state index contributed by atoms with van der Waals surface area (Å²) in [4.78, 5) is 15.6. The average Bonchev–Trinajstić information content (AvgIpc) is 3.40. The summed E-state index contributed by atoms with van der Waals surface area (Å²) in [5.41, 5.74) is 0.918. The molecule has 1 N–H and O–H groups in total. The molecule has 4 heterocycles. The number of carboxylic acid groups (broad SMARTS) is 1. The van der Waals surface area contributed by atoms with E-state index in [4.69, 9.17) is 36.1 Å². The number of carbonyl (C=O) groups is 1. The van der Waals surface area contributed by atoms with E-state index in [1.54, 1.807) is 16.9 Å². The summed E-state index contributed by atoms with van der Waals surface area (Å²) < 4.78 is 8.88.